The van der Waals surface area contributed by atoms with Crippen LogP contribution in [0.2, 0.25) is 5.02 Å². The molecule has 4 aromatic rings. The Morgan fingerprint density at radius 2 is 1.85 bits per heavy atom. The summed E-state index contributed by atoms with van der Waals surface area (Å²) in [5.74, 6) is 0.364. The van der Waals surface area contributed by atoms with Gasteiger partial charge >= 0.3 is 6.18 Å². The molecule has 200 valence electrons. The first-order valence-corrected chi connectivity index (χ1v) is 13.0. The molecule has 0 spiro atoms. The van der Waals surface area contributed by atoms with Crippen LogP contribution in [0.1, 0.15) is 27.0 Å². The topological polar surface area (TPSA) is 57.3 Å². The molecule has 2 heterocycles. The van der Waals surface area contributed by atoms with Crippen LogP contribution in [-0.2, 0) is 19.3 Å². The van der Waals surface area contributed by atoms with Crippen molar-refractivity contribution in [3.05, 3.63) is 106 Å². The minimum Gasteiger partial charge on any atom is -0.367 e. The van der Waals surface area contributed by atoms with E-state index in [4.69, 9.17) is 11.6 Å². The highest BCUT2D eigenvalue weighted by Crippen LogP contribution is 2.37. The number of nitrogens with zero attached hydrogens (tertiary/aromatic N) is 2. The van der Waals surface area contributed by atoms with Gasteiger partial charge in [0.25, 0.3) is 5.91 Å². The summed E-state index contributed by atoms with van der Waals surface area (Å²) in [6.45, 7) is 1.42. The number of nitrogens with one attached hydrogen (secondary N) is 2. The number of carbonyl (C=O) groups is 1. The Hall–Kier alpha value is -3.69. The van der Waals surface area contributed by atoms with E-state index in [0.29, 0.717) is 36.7 Å². The molecule has 1 amide bonds. The number of pyridine rings is 1. The molecule has 5 rings (SSSR count). The highest BCUT2D eigenvalue weighted by molar-refractivity contribution is 7.80. The second kappa shape index (κ2) is 11.2. The second-order valence-corrected chi connectivity index (χ2v) is 10.1. The quantitative estimate of drug-likeness (QED) is 0.218. The van der Waals surface area contributed by atoms with Crippen molar-refractivity contribution in [2.45, 2.75) is 24.2 Å². The molecule has 39 heavy (non-hydrogen) atoms. The maximum absolute atomic E-state index is 13.7. The van der Waals surface area contributed by atoms with Gasteiger partial charge in [-0.1, -0.05) is 35.9 Å². The number of alkyl halides is 3. The monoisotopic (exact) mass is 568 g/mol. The lowest BCUT2D eigenvalue weighted by molar-refractivity contribution is -0.138. The average Bonchev–Trinajstić information content (AvgIpc) is 2.92. The summed E-state index contributed by atoms with van der Waals surface area (Å²) in [4.78, 5) is 20.1. The van der Waals surface area contributed by atoms with Crippen LogP contribution in [0, 0.1) is 0 Å². The van der Waals surface area contributed by atoms with Gasteiger partial charge in [-0.3, -0.25) is 4.79 Å². The number of anilines is 2. The zero-order valence-corrected chi connectivity index (χ0v) is 22.2. The van der Waals surface area contributed by atoms with E-state index in [2.05, 4.69) is 28.2 Å². The summed E-state index contributed by atoms with van der Waals surface area (Å²) in [5.41, 5.74) is 3.00. The number of hydrogen-bond acceptors (Lipinski definition) is 5. The van der Waals surface area contributed by atoms with Crippen LogP contribution in [0.25, 0.3) is 11.1 Å². The minimum atomic E-state index is -4.49. The lowest BCUT2D eigenvalue weighted by Crippen LogP contribution is -2.34. The maximum atomic E-state index is 13.7. The number of rotatable bonds is 6. The Bertz CT molecular complexity index is 1510. The molecule has 3 aromatic carbocycles. The number of thiol groups is 1. The van der Waals surface area contributed by atoms with Crippen molar-refractivity contribution < 1.29 is 18.0 Å². The zero-order chi connectivity index (χ0) is 27.6. The van der Waals surface area contributed by atoms with Crippen LogP contribution in [0.5, 0.6) is 0 Å². The van der Waals surface area contributed by atoms with E-state index in [1.54, 1.807) is 24.4 Å². The molecule has 1 aromatic heterocycles. The number of halogens is 4. The number of amides is 1. The number of fused-ring (bicyclic) bond motifs is 1. The summed E-state index contributed by atoms with van der Waals surface area (Å²) in [5, 5.41) is 6.37. The third-order valence-corrected chi connectivity index (χ3v) is 7.00. The SMILES string of the molecule is O=C(NCc1ccc(S)cc1)c1cccc(-c2cnc3c(c2)N(Cc2cc(Cl)ccc2C(F)(F)F)CCN3)c1. The van der Waals surface area contributed by atoms with Crippen LogP contribution >= 0.6 is 24.2 Å². The predicted molar refractivity (Wildman–Crippen MR) is 151 cm³/mol. The lowest BCUT2D eigenvalue weighted by Gasteiger charge is -2.32. The van der Waals surface area contributed by atoms with E-state index in [1.165, 1.54) is 12.1 Å². The Balaban J connectivity index is 1.39. The van der Waals surface area contributed by atoms with Crippen LogP contribution in [0.3, 0.4) is 0 Å². The number of carbonyl (C=O) groups excluding carboxylic acids is 1. The number of aromatic nitrogens is 1. The van der Waals surface area contributed by atoms with Crippen LogP contribution in [0.4, 0.5) is 24.7 Å². The van der Waals surface area contributed by atoms with Crippen LogP contribution in [-0.4, -0.2) is 24.0 Å². The van der Waals surface area contributed by atoms with E-state index < -0.39 is 11.7 Å². The van der Waals surface area contributed by atoms with Gasteiger partial charge in [-0.25, -0.2) is 4.98 Å². The molecule has 0 fully saturated rings. The van der Waals surface area contributed by atoms with Gasteiger partial charge in [0.1, 0.15) is 5.82 Å². The first-order valence-electron chi connectivity index (χ1n) is 12.2. The summed E-state index contributed by atoms with van der Waals surface area (Å²) < 4.78 is 41.0. The van der Waals surface area contributed by atoms with Gasteiger partial charge in [-0.15, -0.1) is 12.6 Å². The molecule has 2 N–H and O–H groups in total. The van der Waals surface area contributed by atoms with Crippen molar-refractivity contribution in [3.8, 4) is 11.1 Å². The third kappa shape index (κ3) is 6.32. The van der Waals surface area contributed by atoms with Crippen LogP contribution in [0.15, 0.2) is 83.9 Å². The Kier molecular flexibility index (Phi) is 7.72. The molecule has 0 aliphatic carbocycles. The third-order valence-electron chi connectivity index (χ3n) is 6.46. The molecule has 0 unspecified atom stereocenters. The molecular formula is C29H24ClF3N4OS. The van der Waals surface area contributed by atoms with Gasteiger partial charge in [-0.2, -0.15) is 13.2 Å². The summed E-state index contributed by atoms with van der Waals surface area (Å²) in [6.07, 6.45) is -2.81. The second-order valence-electron chi connectivity index (χ2n) is 9.17. The average molecular weight is 569 g/mol. The Labute approximate surface area is 234 Å². The molecular weight excluding hydrogens is 545 g/mol. The molecule has 0 saturated carbocycles. The van der Waals surface area contributed by atoms with Gasteiger partial charge in [0, 0.05) is 53.4 Å². The predicted octanol–water partition coefficient (Wildman–Crippen LogP) is 7.07. The molecule has 0 atom stereocenters. The summed E-state index contributed by atoms with van der Waals surface area (Å²) >= 11 is 10.3. The largest absolute Gasteiger partial charge is 0.416 e. The van der Waals surface area contributed by atoms with E-state index >= 15 is 0 Å². The van der Waals surface area contributed by atoms with Crippen molar-refractivity contribution in [1.29, 1.82) is 0 Å². The zero-order valence-electron chi connectivity index (χ0n) is 20.6. The van der Waals surface area contributed by atoms with Crippen molar-refractivity contribution in [3.63, 3.8) is 0 Å². The molecule has 1 aliphatic rings. The van der Waals surface area contributed by atoms with Crippen molar-refractivity contribution in [1.82, 2.24) is 10.3 Å². The fourth-order valence-electron chi connectivity index (χ4n) is 4.50. The van der Waals surface area contributed by atoms with Crippen molar-refractivity contribution in [2.24, 2.45) is 0 Å². The van der Waals surface area contributed by atoms with E-state index in [9.17, 15) is 18.0 Å². The first-order chi connectivity index (χ1) is 18.7. The van der Waals surface area contributed by atoms with Gasteiger partial charge in [-0.05, 0) is 65.2 Å². The van der Waals surface area contributed by atoms with Gasteiger partial charge in [0.2, 0.25) is 0 Å². The molecule has 0 radical (unpaired) electrons. The van der Waals surface area contributed by atoms with Gasteiger partial charge in [0.05, 0.1) is 11.3 Å². The fraction of sp³-hybridized carbons (Fsp3) is 0.172. The van der Waals surface area contributed by atoms with Gasteiger partial charge in [0.15, 0.2) is 0 Å². The number of benzene rings is 3. The molecule has 1 aliphatic heterocycles. The van der Waals surface area contributed by atoms with E-state index in [-0.39, 0.29) is 23.0 Å². The minimum absolute atomic E-state index is 0.0197. The highest BCUT2D eigenvalue weighted by Gasteiger charge is 2.34. The standard InChI is InChI=1S/C29H24ClF3N4OS/c30-23-6-9-25(29(31,32)33)22(13-23)17-37-11-10-34-27-26(37)14-21(16-35-27)19-2-1-3-20(12-19)28(38)36-15-18-4-7-24(39)8-5-18/h1-9,12-14,16,39H,10-11,15,17H2,(H,34,35)(H,36,38). The highest BCUT2D eigenvalue weighted by atomic mass is 35.5. The Morgan fingerprint density at radius 1 is 1.05 bits per heavy atom. The molecule has 5 nitrogen and oxygen atoms in total. The maximum Gasteiger partial charge on any atom is 0.416 e. The summed E-state index contributed by atoms with van der Waals surface area (Å²) in [7, 11) is 0. The molecule has 0 bridgehead atoms. The van der Waals surface area contributed by atoms with E-state index in [0.717, 1.165) is 27.7 Å². The molecule has 0 saturated heterocycles. The number of hydrogen-bond donors (Lipinski definition) is 3. The summed E-state index contributed by atoms with van der Waals surface area (Å²) in [6, 6.07) is 20.2. The lowest BCUT2D eigenvalue weighted by atomic mass is 10.0. The normalized spacial score (nSPS) is 13.0. The van der Waals surface area contributed by atoms with E-state index in [1.807, 2.05) is 41.3 Å². The van der Waals surface area contributed by atoms with Crippen LogP contribution < -0.4 is 15.5 Å². The Morgan fingerprint density at radius 3 is 2.62 bits per heavy atom. The molecule has 10 heteroatoms. The van der Waals surface area contributed by atoms with Crippen molar-refractivity contribution >= 4 is 41.6 Å². The van der Waals surface area contributed by atoms with Gasteiger partial charge < -0.3 is 15.5 Å². The van der Waals surface area contributed by atoms with Crippen molar-refractivity contribution in [2.75, 3.05) is 23.3 Å². The fourth-order valence-corrected chi connectivity index (χ4v) is 4.84. The smallest absolute Gasteiger partial charge is 0.367 e. The first kappa shape index (κ1) is 26.9.